The van der Waals surface area contributed by atoms with Crippen LogP contribution in [-0.4, -0.2) is 31.0 Å². The van der Waals surface area contributed by atoms with E-state index in [1.165, 1.54) is 10.7 Å². The van der Waals surface area contributed by atoms with E-state index in [1.807, 2.05) is 6.92 Å². The monoisotopic (exact) mass is 348 g/mol. The fourth-order valence-corrected chi connectivity index (χ4v) is 3.32. The number of nitrogens with zero attached hydrogens (tertiary/aromatic N) is 2. The lowest BCUT2D eigenvalue weighted by Gasteiger charge is -2.06. The van der Waals surface area contributed by atoms with Gasteiger partial charge >= 0.3 is 0 Å². The maximum Gasteiger partial charge on any atom is 0.182 e. The molecule has 3 N–H and O–H groups in total. The highest BCUT2D eigenvalue weighted by Gasteiger charge is 2.25. The standard InChI is InChI=1S/C12H14Cl2N4O2S/c1-3-16-12-10(21(2,19)20)11(15)18(17-12)9-5-4-7(13)6-8(9)14/h4-6H,3,15H2,1-2H3,(H,16,17). The van der Waals surface area contributed by atoms with Crippen molar-refractivity contribution in [3.8, 4) is 5.69 Å². The minimum atomic E-state index is -3.53. The van der Waals surface area contributed by atoms with Crippen molar-refractivity contribution in [2.45, 2.75) is 11.8 Å². The Kier molecular flexibility index (Phi) is 4.36. The van der Waals surface area contributed by atoms with Gasteiger partial charge in [-0.3, -0.25) is 0 Å². The molecule has 0 fully saturated rings. The van der Waals surface area contributed by atoms with Crippen molar-refractivity contribution in [1.29, 1.82) is 0 Å². The Morgan fingerprint density at radius 3 is 2.57 bits per heavy atom. The summed E-state index contributed by atoms with van der Waals surface area (Å²) in [6.45, 7) is 2.34. The van der Waals surface area contributed by atoms with Crippen LogP contribution in [0.3, 0.4) is 0 Å². The number of nitrogens with two attached hydrogens (primary N) is 1. The number of benzene rings is 1. The normalized spacial score (nSPS) is 11.6. The van der Waals surface area contributed by atoms with E-state index in [0.717, 1.165) is 6.26 Å². The first kappa shape index (κ1) is 15.9. The van der Waals surface area contributed by atoms with Crippen molar-refractivity contribution < 1.29 is 8.42 Å². The third kappa shape index (κ3) is 3.09. The summed E-state index contributed by atoms with van der Waals surface area (Å²) in [6, 6.07) is 4.78. The van der Waals surface area contributed by atoms with E-state index in [4.69, 9.17) is 28.9 Å². The molecule has 21 heavy (non-hydrogen) atoms. The number of rotatable bonds is 4. The van der Waals surface area contributed by atoms with E-state index in [2.05, 4.69) is 10.4 Å². The summed E-state index contributed by atoms with van der Waals surface area (Å²) in [4.78, 5) is -0.0460. The second-order valence-corrected chi connectivity index (χ2v) is 7.17. The molecule has 0 amide bonds. The Labute approximate surface area is 132 Å². The predicted octanol–water partition coefficient (Wildman–Crippen LogP) is 2.60. The first-order valence-electron chi connectivity index (χ1n) is 6.03. The van der Waals surface area contributed by atoms with Crippen molar-refractivity contribution in [3.05, 3.63) is 28.2 Å². The molecule has 1 heterocycles. The number of sulfone groups is 1. The molecule has 1 aromatic carbocycles. The summed E-state index contributed by atoms with van der Waals surface area (Å²) in [7, 11) is -3.53. The minimum absolute atomic E-state index is 0.00216. The average molecular weight is 349 g/mol. The smallest absolute Gasteiger partial charge is 0.182 e. The second-order valence-electron chi connectivity index (χ2n) is 4.37. The van der Waals surface area contributed by atoms with Gasteiger partial charge in [-0.25, -0.2) is 13.1 Å². The summed E-state index contributed by atoms with van der Waals surface area (Å²) in [6.07, 6.45) is 1.08. The molecular weight excluding hydrogens is 335 g/mol. The number of hydrogen-bond acceptors (Lipinski definition) is 5. The molecule has 0 spiro atoms. The van der Waals surface area contributed by atoms with Gasteiger partial charge in [-0.05, 0) is 25.1 Å². The van der Waals surface area contributed by atoms with Crippen LogP contribution in [0.2, 0.25) is 10.0 Å². The van der Waals surface area contributed by atoms with Crippen LogP contribution in [-0.2, 0) is 9.84 Å². The van der Waals surface area contributed by atoms with Crippen LogP contribution in [0.15, 0.2) is 23.1 Å². The van der Waals surface area contributed by atoms with E-state index < -0.39 is 9.84 Å². The van der Waals surface area contributed by atoms with Gasteiger partial charge in [0.05, 0.1) is 10.7 Å². The SMILES string of the molecule is CCNc1nn(-c2ccc(Cl)cc2Cl)c(N)c1S(C)(=O)=O. The Morgan fingerprint density at radius 2 is 2.05 bits per heavy atom. The fourth-order valence-electron chi connectivity index (χ4n) is 1.90. The molecule has 2 aromatic rings. The van der Waals surface area contributed by atoms with Gasteiger partial charge in [-0.1, -0.05) is 23.2 Å². The van der Waals surface area contributed by atoms with Gasteiger partial charge in [0, 0.05) is 17.8 Å². The molecule has 9 heteroatoms. The molecule has 0 aliphatic rings. The summed E-state index contributed by atoms with van der Waals surface area (Å²) in [5.74, 6) is 0.196. The lowest BCUT2D eigenvalue weighted by atomic mass is 10.3. The molecule has 0 radical (unpaired) electrons. The molecule has 0 atom stereocenters. The van der Waals surface area contributed by atoms with Crippen LogP contribution in [0, 0.1) is 0 Å². The van der Waals surface area contributed by atoms with E-state index in [0.29, 0.717) is 22.3 Å². The minimum Gasteiger partial charge on any atom is -0.382 e. The highest BCUT2D eigenvalue weighted by Crippen LogP contribution is 2.32. The van der Waals surface area contributed by atoms with Crippen molar-refractivity contribution in [2.24, 2.45) is 0 Å². The first-order valence-corrected chi connectivity index (χ1v) is 8.68. The highest BCUT2D eigenvalue weighted by molar-refractivity contribution is 7.91. The number of aromatic nitrogens is 2. The van der Waals surface area contributed by atoms with Crippen LogP contribution in [0.1, 0.15) is 6.92 Å². The maximum atomic E-state index is 11.9. The fraction of sp³-hybridized carbons (Fsp3) is 0.250. The summed E-state index contributed by atoms with van der Waals surface area (Å²) < 4.78 is 25.1. The first-order chi connectivity index (χ1) is 9.75. The van der Waals surface area contributed by atoms with Crippen LogP contribution >= 0.6 is 23.2 Å². The number of hydrogen-bond donors (Lipinski definition) is 2. The summed E-state index contributed by atoms with van der Waals surface area (Å²) in [5.41, 5.74) is 6.40. The van der Waals surface area contributed by atoms with E-state index in [1.54, 1.807) is 12.1 Å². The van der Waals surface area contributed by atoms with Gasteiger partial charge in [0.2, 0.25) is 0 Å². The van der Waals surface area contributed by atoms with Crippen molar-refractivity contribution in [2.75, 3.05) is 23.9 Å². The van der Waals surface area contributed by atoms with Gasteiger partial charge in [-0.15, -0.1) is 5.10 Å². The summed E-state index contributed by atoms with van der Waals surface area (Å²) >= 11 is 12.0. The molecule has 0 unspecified atom stereocenters. The molecule has 2 rings (SSSR count). The van der Waals surface area contributed by atoms with Gasteiger partial charge in [0.25, 0.3) is 0 Å². The Balaban J connectivity index is 2.71. The second kappa shape index (κ2) is 5.75. The largest absolute Gasteiger partial charge is 0.382 e. The van der Waals surface area contributed by atoms with Crippen LogP contribution in [0.25, 0.3) is 5.69 Å². The summed E-state index contributed by atoms with van der Waals surface area (Å²) in [5, 5.41) is 7.87. The maximum absolute atomic E-state index is 11.9. The number of halogens is 2. The molecule has 0 saturated carbocycles. The third-order valence-electron chi connectivity index (χ3n) is 2.73. The molecule has 1 aromatic heterocycles. The van der Waals surface area contributed by atoms with Crippen LogP contribution in [0.4, 0.5) is 11.6 Å². The van der Waals surface area contributed by atoms with Crippen molar-refractivity contribution in [3.63, 3.8) is 0 Å². The van der Waals surface area contributed by atoms with E-state index >= 15 is 0 Å². The van der Waals surface area contributed by atoms with E-state index in [-0.39, 0.29) is 16.5 Å². The van der Waals surface area contributed by atoms with E-state index in [9.17, 15) is 8.42 Å². The zero-order valence-electron chi connectivity index (χ0n) is 11.4. The molecule has 0 aliphatic carbocycles. The zero-order chi connectivity index (χ0) is 15.8. The highest BCUT2D eigenvalue weighted by atomic mass is 35.5. The Bertz CT molecular complexity index is 787. The third-order valence-corrected chi connectivity index (χ3v) is 4.41. The molecular formula is C12H14Cl2N4O2S. The number of nitrogens with one attached hydrogen (secondary N) is 1. The zero-order valence-corrected chi connectivity index (χ0v) is 13.7. The van der Waals surface area contributed by atoms with Gasteiger partial charge in [0.1, 0.15) is 5.82 Å². The Hall–Kier alpha value is -1.44. The average Bonchev–Trinajstić information content (AvgIpc) is 2.66. The van der Waals surface area contributed by atoms with Crippen molar-refractivity contribution in [1.82, 2.24) is 9.78 Å². The van der Waals surface area contributed by atoms with Gasteiger partial charge < -0.3 is 11.1 Å². The molecule has 0 bridgehead atoms. The predicted molar refractivity (Wildman–Crippen MR) is 85.3 cm³/mol. The number of anilines is 2. The molecule has 0 aliphatic heterocycles. The molecule has 6 nitrogen and oxygen atoms in total. The lowest BCUT2D eigenvalue weighted by molar-refractivity contribution is 0.602. The van der Waals surface area contributed by atoms with Crippen molar-refractivity contribution >= 4 is 44.7 Å². The van der Waals surface area contributed by atoms with Crippen LogP contribution < -0.4 is 11.1 Å². The lowest BCUT2D eigenvalue weighted by Crippen LogP contribution is -2.06. The number of nitrogen functional groups attached to an aromatic ring is 1. The topological polar surface area (TPSA) is 90.0 Å². The molecule has 0 saturated heterocycles. The quantitative estimate of drug-likeness (QED) is 0.886. The van der Waals surface area contributed by atoms with Crippen LogP contribution in [0.5, 0.6) is 0 Å². The Morgan fingerprint density at radius 1 is 1.38 bits per heavy atom. The molecule has 114 valence electrons. The van der Waals surface area contributed by atoms with Gasteiger partial charge in [0.15, 0.2) is 20.6 Å². The van der Waals surface area contributed by atoms with Gasteiger partial charge in [-0.2, -0.15) is 0 Å².